The average molecular weight is 404 g/mol. The molecule has 1 saturated heterocycles. The molecule has 0 aromatic heterocycles. The summed E-state index contributed by atoms with van der Waals surface area (Å²) < 4.78 is 15.2. The number of nitriles is 1. The minimum Gasteiger partial charge on any atom is -0.402 e. The maximum absolute atomic E-state index is 15.2. The van der Waals surface area contributed by atoms with Gasteiger partial charge in [0.25, 0.3) is 5.91 Å². The molecule has 5 nitrogen and oxygen atoms in total. The predicted octanol–water partition coefficient (Wildman–Crippen LogP) is 4.12. The van der Waals surface area contributed by atoms with Crippen molar-refractivity contribution in [2.45, 2.75) is 33.4 Å². The van der Waals surface area contributed by atoms with Crippen molar-refractivity contribution < 1.29 is 9.18 Å². The van der Waals surface area contributed by atoms with Crippen LogP contribution in [0.1, 0.15) is 52.0 Å². The normalized spacial score (nSPS) is 15.7. The van der Waals surface area contributed by atoms with E-state index in [9.17, 15) is 4.79 Å². The van der Waals surface area contributed by atoms with Crippen molar-refractivity contribution in [3.05, 3.63) is 81.0 Å². The third kappa shape index (κ3) is 3.71. The summed E-state index contributed by atoms with van der Waals surface area (Å²) in [5, 5.41) is 17.3. The summed E-state index contributed by atoms with van der Waals surface area (Å²) in [7, 11) is 0. The molecule has 1 aliphatic rings. The molecule has 2 aromatic carbocycles. The Kier molecular flexibility index (Phi) is 5.49. The third-order valence-corrected chi connectivity index (χ3v) is 5.74. The zero-order valence-electron chi connectivity index (χ0n) is 17.6. The van der Waals surface area contributed by atoms with Crippen LogP contribution in [0.15, 0.2) is 47.7 Å². The van der Waals surface area contributed by atoms with Crippen LogP contribution in [0.5, 0.6) is 0 Å². The lowest BCUT2D eigenvalue weighted by Gasteiger charge is -2.45. The smallest absolute Gasteiger partial charge is 0.254 e. The van der Waals surface area contributed by atoms with Crippen LogP contribution in [0.25, 0.3) is 0 Å². The second-order valence-corrected chi connectivity index (χ2v) is 7.98. The number of hydrogen-bond donors (Lipinski definition) is 2. The van der Waals surface area contributed by atoms with Crippen LogP contribution in [0.3, 0.4) is 0 Å². The fraction of sp³-hybridized carbons (Fsp3) is 0.292. The predicted molar refractivity (Wildman–Crippen MR) is 115 cm³/mol. The van der Waals surface area contributed by atoms with Gasteiger partial charge in [0.2, 0.25) is 0 Å². The maximum Gasteiger partial charge on any atom is 0.254 e. The summed E-state index contributed by atoms with van der Waals surface area (Å²) >= 11 is 0. The Morgan fingerprint density at radius 3 is 2.23 bits per heavy atom. The molecule has 154 valence electrons. The topological polar surface area (TPSA) is 94.0 Å². The quantitative estimate of drug-likeness (QED) is 0.751. The van der Waals surface area contributed by atoms with Crippen molar-refractivity contribution in [3.63, 3.8) is 0 Å². The molecule has 1 aliphatic heterocycles. The first-order valence-corrected chi connectivity index (χ1v) is 9.69. The van der Waals surface area contributed by atoms with Gasteiger partial charge in [-0.25, -0.2) is 4.39 Å². The Morgan fingerprint density at radius 2 is 1.70 bits per heavy atom. The Balaban J connectivity index is 1.84. The van der Waals surface area contributed by atoms with Crippen molar-refractivity contribution in [1.29, 1.82) is 10.7 Å². The molecule has 0 radical (unpaired) electrons. The summed E-state index contributed by atoms with van der Waals surface area (Å²) in [5.74, 6) is -0.255. The number of alkyl halides is 1. The van der Waals surface area contributed by atoms with Gasteiger partial charge in [0, 0.05) is 16.8 Å². The van der Waals surface area contributed by atoms with Crippen molar-refractivity contribution in [2.75, 3.05) is 13.1 Å². The highest BCUT2D eigenvalue weighted by Gasteiger charge is 2.47. The van der Waals surface area contributed by atoms with Gasteiger partial charge in [-0.1, -0.05) is 18.2 Å². The van der Waals surface area contributed by atoms with E-state index in [4.69, 9.17) is 16.4 Å². The van der Waals surface area contributed by atoms with Crippen LogP contribution >= 0.6 is 0 Å². The van der Waals surface area contributed by atoms with Gasteiger partial charge in [-0.2, -0.15) is 5.26 Å². The van der Waals surface area contributed by atoms with Gasteiger partial charge in [0.1, 0.15) is 0 Å². The highest BCUT2D eigenvalue weighted by molar-refractivity contribution is 6.12. The fourth-order valence-corrected chi connectivity index (χ4v) is 3.65. The van der Waals surface area contributed by atoms with Crippen molar-refractivity contribution in [2.24, 2.45) is 5.73 Å². The number of nitrogens with one attached hydrogen (secondary N) is 1. The summed E-state index contributed by atoms with van der Waals surface area (Å²) in [6, 6.07) is 12.0. The molecular weight excluding hydrogens is 379 g/mol. The van der Waals surface area contributed by atoms with Crippen LogP contribution in [-0.2, 0) is 5.67 Å². The molecule has 1 amide bonds. The maximum atomic E-state index is 15.2. The van der Waals surface area contributed by atoms with E-state index >= 15 is 4.39 Å². The van der Waals surface area contributed by atoms with Crippen molar-refractivity contribution >= 4 is 11.6 Å². The largest absolute Gasteiger partial charge is 0.402 e. The third-order valence-electron chi connectivity index (χ3n) is 5.74. The fourth-order valence-electron chi connectivity index (χ4n) is 3.65. The first-order chi connectivity index (χ1) is 14.1. The molecular formula is C24H25FN4O. The van der Waals surface area contributed by atoms with Crippen LogP contribution in [0.4, 0.5) is 4.39 Å². The number of allylic oxidation sites excluding steroid dienone is 2. The number of rotatable bonds is 4. The van der Waals surface area contributed by atoms with E-state index in [0.29, 0.717) is 33.5 Å². The monoisotopic (exact) mass is 404 g/mol. The summed E-state index contributed by atoms with van der Waals surface area (Å²) in [5.41, 5.74) is 9.43. The van der Waals surface area contributed by atoms with Crippen LogP contribution < -0.4 is 5.73 Å². The number of benzene rings is 2. The molecule has 6 heteroatoms. The number of carbonyl (C=O) groups excluding carboxylic acids is 1. The van der Waals surface area contributed by atoms with Gasteiger partial charge < -0.3 is 10.6 Å². The minimum atomic E-state index is -1.62. The first-order valence-electron chi connectivity index (χ1n) is 9.69. The number of likely N-dealkylation sites (tertiary alicyclic amines) is 1. The summed E-state index contributed by atoms with van der Waals surface area (Å²) in [4.78, 5) is 14.5. The molecule has 1 heterocycles. The number of nitrogens with zero attached hydrogens (tertiary/aromatic N) is 2. The average Bonchev–Trinajstić information content (AvgIpc) is 2.70. The number of aryl methyl sites for hydroxylation is 2. The van der Waals surface area contributed by atoms with E-state index in [2.05, 4.69) is 0 Å². The zero-order chi connectivity index (χ0) is 22.2. The van der Waals surface area contributed by atoms with E-state index in [1.807, 2.05) is 26.0 Å². The Hall–Kier alpha value is -3.46. The molecule has 0 unspecified atom stereocenters. The lowest BCUT2D eigenvalue weighted by Crippen LogP contribution is -2.58. The van der Waals surface area contributed by atoms with E-state index < -0.39 is 5.67 Å². The van der Waals surface area contributed by atoms with Crippen LogP contribution in [0.2, 0.25) is 0 Å². The van der Waals surface area contributed by atoms with Gasteiger partial charge in [-0.3, -0.25) is 10.2 Å². The molecule has 3 rings (SSSR count). The SMILES string of the molecule is C/C(N)=C(\C)C(=N)c1cc(C(=O)N2CC(F)(c3ccc(C#N)cc3)C2)c(C)cc1C. The summed E-state index contributed by atoms with van der Waals surface area (Å²) in [6.45, 7) is 7.17. The molecule has 0 aliphatic carbocycles. The van der Waals surface area contributed by atoms with E-state index in [0.717, 1.165) is 11.1 Å². The molecule has 1 fully saturated rings. The van der Waals surface area contributed by atoms with E-state index in [1.165, 1.54) is 4.90 Å². The number of hydrogen-bond acceptors (Lipinski definition) is 4. The Bertz CT molecular complexity index is 1100. The summed E-state index contributed by atoms with van der Waals surface area (Å²) in [6.07, 6.45) is 0. The van der Waals surface area contributed by atoms with E-state index in [1.54, 1.807) is 44.2 Å². The van der Waals surface area contributed by atoms with Gasteiger partial charge >= 0.3 is 0 Å². The van der Waals surface area contributed by atoms with Gasteiger partial charge in [0.15, 0.2) is 5.67 Å². The second-order valence-electron chi connectivity index (χ2n) is 7.98. The second kappa shape index (κ2) is 7.75. The van der Waals surface area contributed by atoms with E-state index in [-0.39, 0.29) is 24.7 Å². The van der Waals surface area contributed by atoms with Crippen LogP contribution in [-0.4, -0.2) is 29.6 Å². The number of nitrogens with two attached hydrogens (primary N) is 1. The molecule has 0 bridgehead atoms. The zero-order valence-corrected chi connectivity index (χ0v) is 17.6. The Labute approximate surface area is 176 Å². The van der Waals surface area contributed by atoms with Crippen LogP contribution in [0, 0.1) is 30.6 Å². The van der Waals surface area contributed by atoms with Gasteiger partial charge in [-0.15, -0.1) is 0 Å². The molecule has 0 saturated carbocycles. The number of carbonyl (C=O) groups is 1. The lowest BCUT2D eigenvalue weighted by molar-refractivity contribution is -0.0231. The highest BCUT2D eigenvalue weighted by atomic mass is 19.1. The first kappa shape index (κ1) is 21.3. The molecule has 0 atom stereocenters. The molecule has 3 N–H and O–H groups in total. The highest BCUT2D eigenvalue weighted by Crippen LogP contribution is 2.37. The number of amides is 1. The molecule has 2 aromatic rings. The van der Waals surface area contributed by atoms with Gasteiger partial charge in [-0.05, 0) is 68.2 Å². The molecule has 30 heavy (non-hydrogen) atoms. The minimum absolute atomic E-state index is 0.0430. The lowest BCUT2D eigenvalue weighted by atomic mass is 9.86. The van der Waals surface area contributed by atoms with Crippen molar-refractivity contribution in [3.8, 4) is 6.07 Å². The molecule has 0 spiro atoms. The van der Waals surface area contributed by atoms with Gasteiger partial charge in [0.05, 0.1) is 30.4 Å². The van der Waals surface area contributed by atoms with Crippen molar-refractivity contribution in [1.82, 2.24) is 4.90 Å². The Morgan fingerprint density at radius 1 is 1.13 bits per heavy atom. The number of halogens is 1. The standard InChI is InChI=1S/C24H25FN4O/c1-14-9-15(2)21(10-20(14)22(28)16(3)17(4)27)23(30)29-12-24(25,13-29)19-7-5-18(11-26)6-8-19/h5-10,28H,12-13,27H2,1-4H3/b17-16-,28-22?.